The molecule has 2 rings (SSSR count). The average Bonchev–Trinajstić information content (AvgIpc) is 2.77. The number of morpholine rings is 1. The van der Waals surface area contributed by atoms with Crippen molar-refractivity contribution in [3.05, 3.63) is 20.8 Å². The minimum Gasteiger partial charge on any atom is -0.373 e. The second kappa shape index (κ2) is 6.45. The van der Waals surface area contributed by atoms with E-state index in [2.05, 4.69) is 45.5 Å². The molecule has 18 heavy (non-hydrogen) atoms. The lowest BCUT2D eigenvalue weighted by atomic mass is 10.1. The van der Waals surface area contributed by atoms with Crippen LogP contribution in [0.3, 0.4) is 0 Å². The monoisotopic (exact) mass is 333 g/mol. The van der Waals surface area contributed by atoms with E-state index in [0.717, 1.165) is 24.2 Å². The smallest absolute Gasteiger partial charge is 0.0918 e. The molecule has 0 radical (unpaired) electrons. The van der Waals surface area contributed by atoms with Crippen LogP contribution in [0.5, 0.6) is 0 Å². The number of rotatable bonds is 4. The molecule has 2 heterocycles. The molecule has 0 bridgehead atoms. The standard InChI is InChI=1S/C12H20BrN3OS/c1-8(2)16-4-5-17-10(7-16)11(15-14)12-9(13)3-6-18-12/h3,6,8,10-11,15H,4-5,7,14H2,1-2H3. The zero-order chi connectivity index (χ0) is 13.1. The number of hydrogen-bond acceptors (Lipinski definition) is 5. The molecule has 1 aromatic heterocycles. The number of nitrogens with two attached hydrogens (primary N) is 1. The lowest BCUT2D eigenvalue weighted by Gasteiger charge is -2.38. The summed E-state index contributed by atoms with van der Waals surface area (Å²) in [5.41, 5.74) is 2.90. The fourth-order valence-corrected chi connectivity index (χ4v) is 3.98. The average molecular weight is 334 g/mol. The maximum Gasteiger partial charge on any atom is 0.0918 e. The molecule has 102 valence electrons. The molecule has 1 saturated heterocycles. The van der Waals surface area contributed by atoms with Gasteiger partial charge in [-0.1, -0.05) is 0 Å². The van der Waals surface area contributed by atoms with Crippen LogP contribution < -0.4 is 11.3 Å². The minimum atomic E-state index is 0.0425. The van der Waals surface area contributed by atoms with Crippen molar-refractivity contribution in [3.8, 4) is 0 Å². The van der Waals surface area contributed by atoms with E-state index in [9.17, 15) is 0 Å². The van der Waals surface area contributed by atoms with Crippen molar-refractivity contribution in [2.75, 3.05) is 19.7 Å². The summed E-state index contributed by atoms with van der Waals surface area (Å²) >= 11 is 5.26. The van der Waals surface area contributed by atoms with Crippen LogP contribution in [0.25, 0.3) is 0 Å². The van der Waals surface area contributed by atoms with Gasteiger partial charge in [0.05, 0.1) is 18.8 Å². The number of ether oxygens (including phenoxy) is 1. The Morgan fingerprint density at radius 1 is 1.61 bits per heavy atom. The summed E-state index contributed by atoms with van der Waals surface area (Å²) in [6.07, 6.45) is 0.0982. The quantitative estimate of drug-likeness (QED) is 0.654. The molecular formula is C12H20BrN3OS. The largest absolute Gasteiger partial charge is 0.373 e. The first kappa shape index (κ1) is 14.4. The van der Waals surface area contributed by atoms with Crippen molar-refractivity contribution in [2.24, 2.45) is 5.84 Å². The Labute approximate surface area is 121 Å². The van der Waals surface area contributed by atoms with E-state index in [1.54, 1.807) is 11.3 Å². The normalized spacial score (nSPS) is 23.5. The zero-order valence-electron chi connectivity index (χ0n) is 10.7. The highest BCUT2D eigenvalue weighted by atomic mass is 79.9. The van der Waals surface area contributed by atoms with E-state index in [1.165, 1.54) is 4.88 Å². The van der Waals surface area contributed by atoms with E-state index in [4.69, 9.17) is 10.6 Å². The minimum absolute atomic E-state index is 0.0425. The maximum atomic E-state index is 5.89. The molecule has 0 aromatic carbocycles. The van der Waals surface area contributed by atoms with E-state index < -0.39 is 0 Å². The van der Waals surface area contributed by atoms with Crippen LogP contribution in [0, 0.1) is 0 Å². The van der Waals surface area contributed by atoms with Crippen LogP contribution in [0.2, 0.25) is 0 Å². The van der Waals surface area contributed by atoms with Crippen LogP contribution in [-0.2, 0) is 4.74 Å². The number of halogens is 1. The van der Waals surface area contributed by atoms with Crippen molar-refractivity contribution in [1.29, 1.82) is 0 Å². The van der Waals surface area contributed by atoms with Gasteiger partial charge in [0.15, 0.2) is 0 Å². The summed E-state index contributed by atoms with van der Waals surface area (Å²) in [6.45, 7) is 7.11. The van der Waals surface area contributed by atoms with Gasteiger partial charge in [-0.15, -0.1) is 11.3 Å². The van der Waals surface area contributed by atoms with Gasteiger partial charge in [-0.3, -0.25) is 10.7 Å². The third kappa shape index (κ3) is 3.12. The Morgan fingerprint density at radius 3 is 2.94 bits per heavy atom. The second-order valence-electron chi connectivity index (χ2n) is 4.78. The van der Waals surface area contributed by atoms with Crippen molar-refractivity contribution in [2.45, 2.75) is 32.0 Å². The Morgan fingerprint density at radius 2 is 2.39 bits per heavy atom. The van der Waals surface area contributed by atoms with E-state index in [-0.39, 0.29) is 12.1 Å². The highest BCUT2D eigenvalue weighted by Crippen LogP contribution is 2.32. The number of thiophene rings is 1. The summed E-state index contributed by atoms with van der Waals surface area (Å²) in [7, 11) is 0. The predicted octanol–water partition coefficient (Wildman–Crippen LogP) is 2.12. The third-order valence-electron chi connectivity index (χ3n) is 3.33. The van der Waals surface area contributed by atoms with Crippen LogP contribution >= 0.6 is 27.3 Å². The number of nitrogens with one attached hydrogen (secondary N) is 1. The highest BCUT2D eigenvalue weighted by Gasteiger charge is 2.31. The molecule has 2 atom stereocenters. The Hall–Kier alpha value is 0.0200. The van der Waals surface area contributed by atoms with E-state index >= 15 is 0 Å². The van der Waals surface area contributed by atoms with Crippen LogP contribution in [0.1, 0.15) is 24.8 Å². The summed E-state index contributed by atoms with van der Waals surface area (Å²) in [4.78, 5) is 3.63. The molecule has 1 aromatic rings. The van der Waals surface area contributed by atoms with Crippen molar-refractivity contribution >= 4 is 27.3 Å². The first-order chi connectivity index (χ1) is 8.63. The molecule has 0 aliphatic carbocycles. The summed E-state index contributed by atoms with van der Waals surface area (Å²) in [5.74, 6) is 5.72. The molecule has 3 N–H and O–H groups in total. The Kier molecular flexibility index (Phi) is 5.17. The first-order valence-electron chi connectivity index (χ1n) is 6.18. The van der Waals surface area contributed by atoms with Crippen LogP contribution in [0.15, 0.2) is 15.9 Å². The fraction of sp³-hybridized carbons (Fsp3) is 0.667. The van der Waals surface area contributed by atoms with Gasteiger partial charge in [0, 0.05) is 28.5 Å². The number of hydrazine groups is 1. The van der Waals surface area contributed by atoms with Gasteiger partial charge in [0.1, 0.15) is 0 Å². The molecule has 1 aliphatic heterocycles. The molecule has 1 aliphatic rings. The fourth-order valence-electron chi connectivity index (χ4n) is 2.25. The molecule has 1 fully saturated rings. The Balaban J connectivity index is 2.11. The van der Waals surface area contributed by atoms with E-state index in [0.29, 0.717) is 6.04 Å². The van der Waals surface area contributed by atoms with Crippen LogP contribution in [0.4, 0.5) is 0 Å². The van der Waals surface area contributed by atoms with Crippen molar-refractivity contribution in [3.63, 3.8) is 0 Å². The van der Waals surface area contributed by atoms with Gasteiger partial charge in [-0.2, -0.15) is 0 Å². The topological polar surface area (TPSA) is 50.5 Å². The maximum absolute atomic E-state index is 5.89. The molecule has 2 unspecified atom stereocenters. The second-order valence-corrected chi connectivity index (χ2v) is 6.58. The first-order valence-corrected chi connectivity index (χ1v) is 7.85. The summed E-state index contributed by atoms with van der Waals surface area (Å²) in [5, 5.41) is 2.06. The summed E-state index contributed by atoms with van der Waals surface area (Å²) < 4.78 is 6.99. The lowest BCUT2D eigenvalue weighted by molar-refractivity contribution is -0.0556. The lowest BCUT2D eigenvalue weighted by Crippen LogP contribution is -2.51. The van der Waals surface area contributed by atoms with E-state index in [1.807, 2.05) is 6.07 Å². The predicted molar refractivity (Wildman–Crippen MR) is 78.5 cm³/mol. The van der Waals surface area contributed by atoms with Gasteiger partial charge in [0.25, 0.3) is 0 Å². The van der Waals surface area contributed by atoms with Gasteiger partial charge in [0.2, 0.25) is 0 Å². The molecule has 0 saturated carbocycles. The third-order valence-corrected chi connectivity index (χ3v) is 5.29. The molecular weight excluding hydrogens is 314 g/mol. The van der Waals surface area contributed by atoms with Crippen LogP contribution in [-0.4, -0.2) is 36.7 Å². The van der Waals surface area contributed by atoms with Gasteiger partial charge >= 0.3 is 0 Å². The SMILES string of the molecule is CC(C)N1CCOC(C(NN)c2sccc2Br)C1. The Bertz CT molecular complexity index is 385. The molecule has 6 heteroatoms. The van der Waals surface area contributed by atoms with Gasteiger partial charge < -0.3 is 4.74 Å². The number of hydrogen-bond donors (Lipinski definition) is 2. The molecule has 4 nitrogen and oxygen atoms in total. The van der Waals surface area contributed by atoms with Gasteiger partial charge in [-0.05, 0) is 41.2 Å². The van der Waals surface area contributed by atoms with Crippen molar-refractivity contribution in [1.82, 2.24) is 10.3 Å². The highest BCUT2D eigenvalue weighted by molar-refractivity contribution is 9.10. The molecule has 0 spiro atoms. The van der Waals surface area contributed by atoms with Crippen molar-refractivity contribution < 1.29 is 4.74 Å². The summed E-state index contributed by atoms with van der Waals surface area (Å²) in [6, 6.07) is 2.63. The molecule has 0 amide bonds. The zero-order valence-corrected chi connectivity index (χ0v) is 13.1. The van der Waals surface area contributed by atoms with Gasteiger partial charge in [-0.25, -0.2) is 5.43 Å². The number of nitrogens with zero attached hydrogens (tertiary/aromatic N) is 1.